The van der Waals surface area contributed by atoms with E-state index in [0.29, 0.717) is 23.6 Å². The Kier molecular flexibility index (Phi) is 15.9. The second-order valence-electron chi connectivity index (χ2n) is 10.3. The van der Waals surface area contributed by atoms with Gasteiger partial charge in [-0.1, -0.05) is 103 Å². The van der Waals surface area contributed by atoms with E-state index in [2.05, 4.69) is 12.2 Å². The van der Waals surface area contributed by atoms with Crippen LogP contribution in [0.5, 0.6) is 5.75 Å². The second kappa shape index (κ2) is 19.3. The Bertz CT molecular complexity index is 940. The van der Waals surface area contributed by atoms with Gasteiger partial charge in [0.25, 0.3) is 11.6 Å². The second-order valence-corrected chi connectivity index (χ2v) is 10.3. The number of aryl methyl sites for hydroxylation is 1. The van der Waals surface area contributed by atoms with Crippen molar-refractivity contribution < 1.29 is 18.9 Å². The SMILES string of the molecule is CCCCCCCCCCCCCCCCCCNC(=O)c1ccc(COc2ccc([N+](=O)[O-])c(C)c2)o1. The van der Waals surface area contributed by atoms with Gasteiger partial charge in [-0.25, -0.2) is 0 Å². The van der Waals surface area contributed by atoms with E-state index in [-0.39, 0.29) is 24.0 Å². The highest BCUT2D eigenvalue weighted by Crippen LogP contribution is 2.24. The molecule has 0 radical (unpaired) electrons. The van der Waals surface area contributed by atoms with Gasteiger partial charge in [-0.3, -0.25) is 14.9 Å². The third-order valence-corrected chi connectivity index (χ3v) is 6.95. The normalized spacial score (nSPS) is 11.0. The smallest absolute Gasteiger partial charge is 0.286 e. The van der Waals surface area contributed by atoms with Crippen molar-refractivity contribution in [3.8, 4) is 5.75 Å². The van der Waals surface area contributed by atoms with Crippen LogP contribution in [-0.2, 0) is 6.61 Å². The van der Waals surface area contributed by atoms with Crippen LogP contribution < -0.4 is 10.1 Å². The van der Waals surface area contributed by atoms with E-state index < -0.39 is 4.92 Å². The molecule has 0 fully saturated rings. The Morgan fingerprint density at radius 1 is 0.842 bits per heavy atom. The Labute approximate surface area is 228 Å². The van der Waals surface area contributed by atoms with Gasteiger partial charge in [-0.05, 0) is 37.6 Å². The number of carbonyl (C=O) groups is 1. The minimum absolute atomic E-state index is 0.0543. The Balaban J connectivity index is 1.45. The molecule has 1 N–H and O–H groups in total. The number of hydrogen-bond donors (Lipinski definition) is 1. The lowest BCUT2D eigenvalue weighted by atomic mass is 10.0. The average molecular weight is 529 g/mol. The Hall–Kier alpha value is -2.83. The molecule has 0 saturated carbocycles. The van der Waals surface area contributed by atoms with E-state index >= 15 is 0 Å². The molecule has 212 valence electrons. The molecule has 1 aromatic carbocycles. The van der Waals surface area contributed by atoms with Gasteiger partial charge in [0.2, 0.25) is 0 Å². The molecule has 1 amide bonds. The van der Waals surface area contributed by atoms with Crippen LogP contribution in [0.15, 0.2) is 34.7 Å². The monoisotopic (exact) mass is 528 g/mol. The van der Waals surface area contributed by atoms with Crippen LogP contribution in [-0.4, -0.2) is 17.4 Å². The summed E-state index contributed by atoms with van der Waals surface area (Å²) in [5.41, 5.74) is 0.583. The molecule has 0 aliphatic rings. The molecular weight excluding hydrogens is 480 g/mol. The molecule has 0 unspecified atom stereocenters. The van der Waals surface area contributed by atoms with Gasteiger partial charge < -0.3 is 14.5 Å². The van der Waals surface area contributed by atoms with Gasteiger partial charge in [0, 0.05) is 18.2 Å². The molecule has 1 heterocycles. The molecule has 0 spiro atoms. The summed E-state index contributed by atoms with van der Waals surface area (Å²) in [6.07, 6.45) is 21.2. The first-order valence-corrected chi connectivity index (χ1v) is 14.8. The first-order valence-electron chi connectivity index (χ1n) is 14.8. The van der Waals surface area contributed by atoms with E-state index in [1.807, 2.05) is 0 Å². The van der Waals surface area contributed by atoms with Crippen LogP contribution in [0.2, 0.25) is 0 Å². The van der Waals surface area contributed by atoms with Crippen molar-refractivity contribution in [1.29, 1.82) is 0 Å². The number of ether oxygens (including phenoxy) is 1. The van der Waals surface area contributed by atoms with Crippen molar-refractivity contribution in [2.24, 2.45) is 0 Å². The van der Waals surface area contributed by atoms with Crippen LogP contribution in [0.25, 0.3) is 0 Å². The molecule has 0 aliphatic carbocycles. The van der Waals surface area contributed by atoms with Crippen molar-refractivity contribution in [2.45, 2.75) is 123 Å². The molecule has 0 saturated heterocycles. The summed E-state index contributed by atoms with van der Waals surface area (Å²) in [5.74, 6) is 1.08. The van der Waals surface area contributed by atoms with E-state index in [9.17, 15) is 14.9 Å². The number of hydrogen-bond acceptors (Lipinski definition) is 5. The predicted octanol–water partition coefficient (Wildman–Crippen LogP) is 9.07. The largest absolute Gasteiger partial charge is 0.486 e. The highest BCUT2D eigenvalue weighted by atomic mass is 16.6. The van der Waals surface area contributed by atoms with Crippen molar-refractivity contribution in [3.63, 3.8) is 0 Å². The lowest BCUT2D eigenvalue weighted by Gasteiger charge is -2.06. The first kappa shape index (κ1) is 31.4. The molecule has 7 heteroatoms. The number of carbonyl (C=O) groups excluding carboxylic acids is 1. The highest BCUT2D eigenvalue weighted by molar-refractivity contribution is 5.91. The fourth-order valence-corrected chi connectivity index (χ4v) is 4.62. The zero-order valence-corrected chi connectivity index (χ0v) is 23.6. The molecule has 0 atom stereocenters. The molecule has 7 nitrogen and oxygen atoms in total. The van der Waals surface area contributed by atoms with Crippen molar-refractivity contribution in [2.75, 3.05) is 6.54 Å². The maximum Gasteiger partial charge on any atom is 0.286 e. The first-order chi connectivity index (χ1) is 18.5. The number of nitro groups is 1. The van der Waals surface area contributed by atoms with Gasteiger partial charge in [0.1, 0.15) is 18.1 Å². The number of rotatable bonds is 22. The number of nitro benzene ring substituents is 1. The van der Waals surface area contributed by atoms with Gasteiger partial charge >= 0.3 is 0 Å². The Morgan fingerprint density at radius 3 is 1.92 bits per heavy atom. The number of nitrogens with zero attached hydrogens (tertiary/aromatic N) is 1. The van der Waals surface area contributed by atoms with E-state index in [0.717, 1.165) is 12.8 Å². The fraction of sp³-hybridized carbons (Fsp3) is 0.645. The topological polar surface area (TPSA) is 94.6 Å². The average Bonchev–Trinajstić information content (AvgIpc) is 3.38. The van der Waals surface area contributed by atoms with Crippen molar-refractivity contribution >= 4 is 11.6 Å². The maximum atomic E-state index is 12.3. The summed E-state index contributed by atoms with van der Waals surface area (Å²) < 4.78 is 11.2. The Morgan fingerprint density at radius 2 is 1.39 bits per heavy atom. The van der Waals surface area contributed by atoms with Crippen molar-refractivity contribution in [1.82, 2.24) is 5.32 Å². The predicted molar refractivity (Wildman–Crippen MR) is 153 cm³/mol. The van der Waals surface area contributed by atoms with Gasteiger partial charge in [0.15, 0.2) is 5.76 Å². The van der Waals surface area contributed by atoms with Crippen LogP contribution in [0, 0.1) is 17.0 Å². The summed E-state index contributed by atoms with van der Waals surface area (Å²) >= 11 is 0. The van der Waals surface area contributed by atoms with Crippen LogP contribution in [0.3, 0.4) is 0 Å². The number of amides is 1. The van der Waals surface area contributed by atoms with Crippen LogP contribution in [0.1, 0.15) is 132 Å². The number of nitrogens with one attached hydrogen (secondary N) is 1. The molecule has 2 aromatic rings. The van der Waals surface area contributed by atoms with Crippen LogP contribution >= 0.6 is 0 Å². The van der Waals surface area contributed by atoms with Gasteiger partial charge in [-0.15, -0.1) is 0 Å². The lowest BCUT2D eigenvalue weighted by Crippen LogP contribution is -2.23. The minimum Gasteiger partial charge on any atom is -0.486 e. The zero-order chi connectivity index (χ0) is 27.4. The number of furan rings is 1. The maximum absolute atomic E-state index is 12.3. The number of unbranched alkanes of at least 4 members (excludes halogenated alkanes) is 15. The highest BCUT2D eigenvalue weighted by Gasteiger charge is 2.13. The molecule has 0 bridgehead atoms. The molecule has 0 aliphatic heterocycles. The van der Waals surface area contributed by atoms with Crippen LogP contribution in [0.4, 0.5) is 5.69 Å². The lowest BCUT2D eigenvalue weighted by molar-refractivity contribution is -0.385. The summed E-state index contributed by atoms with van der Waals surface area (Å²) in [6, 6.07) is 7.95. The summed E-state index contributed by atoms with van der Waals surface area (Å²) in [7, 11) is 0. The summed E-state index contributed by atoms with van der Waals surface area (Å²) in [4.78, 5) is 22.8. The number of benzene rings is 1. The third-order valence-electron chi connectivity index (χ3n) is 6.95. The molecule has 38 heavy (non-hydrogen) atoms. The standard InChI is InChI=1S/C31H48N2O5/c1-3-4-5-6-7-8-9-10-11-12-13-14-15-16-17-18-23-32-31(34)30-22-20-28(38-30)25-37-27-19-21-29(33(35)36)26(2)24-27/h19-22,24H,3-18,23,25H2,1-2H3,(H,32,34). The van der Waals surface area contributed by atoms with E-state index in [1.165, 1.54) is 96.0 Å². The molecule has 2 rings (SSSR count). The van der Waals surface area contributed by atoms with Crippen molar-refractivity contribution in [3.05, 3.63) is 57.5 Å². The summed E-state index contributed by atoms with van der Waals surface area (Å²) in [5, 5.41) is 13.8. The molecule has 1 aromatic heterocycles. The fourth-order valence-electron chi connectivity index (χ4n) is 4.62. The zero-order valence-electron chi connectivity index (χ0n) is 23.6. The quantitative estimate of drug-likeness (QED) is 0.0934. The molecular formula is C31H48N2O5. The summed E-state index contributed by atoms with van der Waals surface area (Å²) in [6.45, 7) is 4.72. The minimum atomic E-state index is -0.420. The van der Waals surface area contributed by atoms with Gasteiger partial charge in [0.05, 0.1) is 4.92 Å². The van der Waals surface area contributed by atoms with E-state index in [4.69, 9.17) is 9.15 Å². The third kappa shape index (κ3) is 13.1. The van der Waals surface area contributed by atoms with Gasteiger partial charge in [-0.2, -0.15) is 0 Å². The van der Waals surface area contributed by atoms with E-state index in [1.54, 1.807) is 31.2 Å².